The van der Waals surface area contributed by atoms with Gasteiger partial charge in [0.25, 0.3) is 5.91 Å². The third kappa shape index (κ3) is 4.69. The quantitative estimate of drug-likeness (QED) is 0.648. The number of carbonyl (C=O) groups excluding carboxylic acids is 1. The summed E-state index contributed by atoms with van der Waals surface area (Å²) in [5.74, 6) is 1.10. The lowest BCUT2D eigenvalue weighted by molar-refractivity contribution is 0.0162. The second kappa shape index (κ2) is 9.56. The molecule has 1 N–H and O–H groups in total. The summed E-state index contributed by atoms with van der Waals surface area (Å²) in [6.45, 7) is 3.41. The van der Waals surface area contributed by atoms with E-state index in [1.54, 1.807) is 13.2 Å². The molecule has 0 radical (unpaired) electrons. The normalized spacial score (nSPS) is 15.5. The number of hydrogen-bond donors (Lipinski definition) is 1. The lowest BCUT2D eigenvalue weighted by Gasteiger charge is -2.35. The summed E-state index contributed by atoms with van der Waals surface area (Å²) in [7, 11) is 1.65. The van der Waals surface area contributed by atoms with E-state index >= 15 is 0 Å². The Hall–Kier alpha value is -3.16. The Labute approximate surface area is 175 Å². The van der Waals surface area contributed by atoms with Crippen LogP contribution in [0.3, 0.4) is 0 Å². The Morgan fingerprint density at radius 1 is 1.13 bits per heavy atom. The summed E-state index contributed by atoms with van der Waals surface area (Å²) < 4.78 is 16.2. The van der Waals surface area contributed by atoms with Gasteiger partial charge in [0.05, 0.1) is 26.4 Å². The molecule has 1 fully saturated rings. The standard InChI is InChI=1S/C23H25N3O4/c1-28-19-9-5-8-18(14-19)21(26-10-12-29-13-11-26)16-24-23(27)20-15-22(30-25-20)17-6-3-2-4-7-17/h2-9,14-15,21H,10-13,16H2,1H3,(H,24,27)/t21-/m0/s1. The van der Waals surface area contributed by atoms with Crippen molar-refractivity contribution in [1.29, 1.82) is 0 Å². The van der Waals surface area contributed by atoms with Gasteiger partial charge >= 0.3 is 0 Å². The topological polar surface area (TPSA) is 76.8 Å². The Bertz CT molecular complexity index is 967. The molecule has 156 valence electrons. The van der Waals surface area contributed by atoms with Crippen LogP contribution >= 0.6 is 0 Å². The molecule has 1 aliphatic rings. The first-order valence-corrected chi connectivity index (χ1v) is 10.0. The number of rotatable bonds is 7. The van der Waals surface area contributed by atoms with Crippen LogP contribution in [0.25, 0.3) is 11.3 Å². The Kier molecular flexibility index (Phi) is 6.41. The summed E-state index contributed by atoms with van der Waals surface area (Å²) in [6, 6.07) is 19.2. The van der Waals surface area contributed by atoms with Crippen molar-refractivity contribution in [3.63, 3.8) is 0 Å². The number of hydrogen-bond acceptors (Lipinski definition) is 6. The van der Waals surface area contributed by atoms with Crippen molar-refractivity contribution in [2.24, 2.45) is 0 Å². The summed E-state index contributed by atoms with van der Waals surface area (Å²) in [5, 5.41) is 6.95. The Morgan fingerprint density at radius 3 is 2.70 bits per heavy atom. The maximum absolute atomic E-state index is 12.7. The molecule has 0 bridgehead atoms. The number of nitrogens with one attached hydrogen (secondary N) is 1. The van der Waals surface area contributed by atoms with Gasteiger partial charge in [-0.3, -0.25) is 9.69 Å². The predicted octanol–water partition coefficient (Wildman–Crippen LogP) is 3.15. The smallest absolute Gasteiger partial charge is 0.273 e. The fraction of sp³-hybridized carbons (Fsp3) is 0.304. The van der Waals surface area contributed by atoms with Gasteiger partial charge in [0.2, 0.25) is 0 Å². The maximum atomic E-state index is 12.7. The van der Waals surface area contributed by atoms with E-state index < -0.39 is 0 Å². The molecule has 1 aliphatic heterocycles. The minimum Gasteiger partial charge on any atom is -0.497 e. The molecule has 0 aliphatic carbocycles. The molecule has 1 amide bonds. The lowest BCUT2D eigenvalue weighted by Crippen LogP contribution is -2.43. The van der Waals surface area contributed by atoms with Crippen LogP contribution in [0.1, 0.15) is 22.1 Å². The van der Waals surface area contributed by atoms with Gasteiger partial charge in [0, 0.05) is 31.3 Å². The second-order valence-electron chi connectivity index (χ2n) is 7.09. The van der Waals surface area contributed by atoms with E-state index in [1.807, 2.05) is 48.5 Å². The number of ether oxygens (including phenoxy) is 2. The van der Waals surface area contributed by atoms with Crippen LogP contribution in [0.2, 0.25) is 0 Å². The zero-order valence-corrected chi connectivity index (χ0v) is 16.9. The zero-order valence-electron chi connectivity index (χ0n) is 16.9. The van der Waals surface area contributed by atoms with Crippen LogP contribution in [0, 0.1) is 0 Å². The SMILES string of the molecule is COc1cccc([C@H](CNC(=O)c2cc(-c3ccccc3)on2)N2CCOCC2)c1. The highest BCUT2D eigenvalue weighted by atomic mass is 16.5. The number of amides is 1. The van der Waals surface area contributed by atoms with Crippen LogP contribution in [0.5, 0.6) is 5.75 Å². The van der Waals surface area contributed by atoms with Gasteiger partial charge < -0.3 is 19.3 Å². The van der Waals surface area contributed by atoms with Crippen molar-refractivity contribution in [2.75, 3.05) is 40.0 Å². The number of nitrogens with zero attached hydrogens (tertiary/aromatic N) is 2. The molecular formula is C23H25N3O4. The van der Waals surface area contributed by atoms with E-state index in [4.69, 9.17) is 14.0 Å². The first kappa shape index (κ1) is 20.1. The minimum absolute atomic E-state index is 0.00782. The summed E-state index contributed by atoms with van der Waals surface area (Å²) >= 11 is 0. The van der Waals surface area contributed by atoms with E-state index in [0.29, 0.717) is 25.5 Å². The molecule has 1 aromatic heterocycles. The number of aromatic nitrogens is 1. The number of morpholine rings is 1. The molecule has 0 spiro atoms. The monoisotopic (exact) mass is 407 g/mol. The molecule has 0 saturated carbocycles. The van der Waals surface area contributed by atoms with Crippen LogP contribution < -0.4 is 10.1 Å². The van der Waals surface area contributed by atoms with Gasteiger partial charge in [0.15, 0.2) is 11.5 Å². The van der Waals surface area contributed by atoms with Crippen molar-refractivity contribution in [1.82, 2.24) is 15.4 Å². The molecule has 7 nitrogen and oxygen atoms in total. The third-order valence-electron chi connectivity index (χ3n) is 5.22. The van der Waals surface area contributed by atoms with E-state index in [-0.39, 0.29) is 17.6 Å². The molecule has 3 aromatic rings. The van der Waals surface area contributed by atoms with Crippen molar-refractivity contribution in [3.05, 3.63) is 71.9 Å². The summed E-state index contributed by atoms with van der Waals surface area (Å²) in [6.07, 6.45) is 0. The van der Waals surface area contributed by atoms with Gasteiger partial charge in [-0.1, -0.05) is 47.6 Å². The fourth-order valence-electron chi connectivity index (χ4n) is 3.60. The van der Waals surface area contributed by atoms with Gasteiger partial charge in [0.1, 0.15) is 5.75 Å². The van der Waals surface area contributed by atoms with Crippen LogP contribution in [0.4, 0.5) is 0 Å². The molecule has 0 unspecified atom stereocenters. The molecule has 1 saturated heterocycles. The Balaban J connectivity index is 1.48. The van der Waals surface area contributed by atoms with Gasteiger partial charge in [-0.2, -0.15) is 0 Å². The van der Waals surface area contributed by atoms with E-state index in [9.17, 15) is 4.79 Å². The molecule has 4 rings (SSSR count). The molecule has 2 heterocycles. The molecule has 7 heteroatoms. The lowest BCUT2D eigenvalue weighted by atomic mass is 10.0. The van der Waals surface area contributed by atoms with Crippen molar-refractivity contribution in [2.45, 2.75) is 6.04 Å². The predicted molar refractivity (Wildman–Crippen MR) is 112 cm³/mol. The number of benzene rings is 2. The van der Waals surface area contributed by atoms with Crippen LogP contribution in [0.15, 0.2) is 65.2 Å². The maximum Gasteiger partial charge on any atom is 0.273 e. The van der Waals surface area contributed by atoms with E-state index in [0.717, 1.165) is 30.0 Å². The number of carbonyl (C=O) groups is 1. The van der Waals surface area contributed by atoms with E-state index in [2.05, 4.69) is 21.4 Å². The summed E-state index contributed by atoms with van der Waals surface area (Å²) in [5.41, 5.74) is 2.23. The molecular weight excluding hydrogens is 382 g/mol. The minimum atomic E-state index is -0.262. The van der Waals surface area contributed by atoms with Crippen molar-refractivity contribution < 1.29 is 18.8 Å². The second-order valence-corrected chi connectivity index (χ2v) is 7.09. The van der Waals surface area contributed by atoms with E-state index in [1.165, 1.54) is 0 Å². The fourth-order valence-corrected chi connectivity index (χ4v) is 3.60. The Morgan fingerprint density at radius 2 is 1.93 bits per heavy atom. The highest BCUT2D eigenvalue weighted by Gasteiger charge is 2.24. The first-order valence-electron chi connectivity index (χ1n) is 10.0. The summed E-state index contributed by atoms with van der Waals surface area (Å²) in [4.78, 5) is 15.0. The van der Waals surface area contributed by atoms with Crippen LogP contribution in [-0.2, 0) is 4.74 Å². The molecule has 2 aromatic carbocycles. The van der Waals surface area contributed by atoms with Crippen molar-refractivity contribution >= 4 is 5.91 Å². The highest BCUT2D eigenvalue weighted by molar-refractivity contribution is 5.93. The van der Waals surface area contributed by atoms with Crippen molar-refractivity contribution in [3.8, 4) is 17.1 Å². The van der Waals surface area contributed by atoms with Gasteiger partial charge in [-0.25, -0.2) is 0 Å². The molecule has 30 heavy (non-hydrogen) atoms. The average Bonchev–Trinajstić information content (AvgIpc) is 3.31. The zero-order chi connectivity index (χ0) is 20.8. The van der Waals surface area contributed by atoms with Gasteiger partial charge in [-0.05, 0) is 17.7 Å². The molecule has 1 atom stereocenters. The average molecular weight is 407 g/mol. The van der Waals surface area contributed by atoms with Gasteiger partial charge in [-0.15, -0.1) is 0 Å². The largest absolute Gasteiger partial charge is 0.497 e. The number of methoxy groups -OCH3 is 1. The first-order chi connectivity index (χ1) is 14.7. The third-order valence-corrected chi connectivity index (χ3v) is 5.22. The van der Waals surface area contributed by atoms with Crippen LogP contribution in [-0.4, -0.2) is 55.9 Å². The highest BCUT2D eigenvalue weighted by Crippen LogP contribution is 2.25.